The number of nitrogens with zero attached hydrogens (tertiary/aromatic N) is 1. The smallest absolute Gasteiger partial charge is 0.231 e. The maximum Gasteiger partial charge on any atom is 0.231 e. The van der Waals surface area contributed by atoms with Crippen molar-refractivity contribution in [3.63, 3.8) is 0 Å². The lowest BCUT2D eigenvalue weighted by molar-refractivity contribution is -0.125. The molecule has 0 aromatic heterocycles. The Morgan fingerprint density at radius 1 is 1.15 bits per heavy atom. The van der Waals surface area contributed by atoms with E-state index in [2.05, 4.69) is 22.3 Å². The molecule has 0 radical (unpaired) electrons. The molecule has 0 unspecified atom stereocenters. The molecule has 0 saturated carbocycles. The predicted octanol–water partition coefficient (Wildman–Crippen LogP) is 2.13. The quantitative estimate of drug-likeness (QED) is 0.616. The van der Waals surface area contributed by atoms with Gasteiger partial charge in [0.25, 0.3) is 0 Å². The molecule has 1 aliphatic heterocycles. The van der Waals surface area contributed by atoms with E-state index < -0.39 is 5.41 Å². The van der Waals surface area contributed by atoms with E-state index in [0.717, 1.165) is 57.4 Å². The maximum atomic E-state index is 12.6. The van der Waals surface area contributed by atoms with Crippen LogP contribution in [-0.4, -0.2) is 42.9 Å². The number of amides is 2. The summed E-state index contributed by atoms with van der Waals surface area (Å²) in [6.45, 7) is 7.19. The molecule has 27 heavy (non-hydrogen) atoms. The number of anilines is 1. The molecule has 0 atom stereocenters. The van der Waals surface area contributed by atoms with Gasteiger partial charge in [0.05, 0.1) is 5.41 Å². The van der Waals surface area contributed by atoms with Crippen molar-refractivity contribution in [3.05, 3.63) is 29.8 Å². The van der Waals surface area contributed by atoms with E-state index >= 15 is 0 Å². The molecule has 150 valence electrons. The number of nitrogens with one attached hydrogen (secondary N) is 1. The molecule has 0 aliphatic carbocycles. The third kappa shape index (κ3) is 5.53. The van der Waals surface area contributed by atoms with Crippen molar-refractivity contribution in [2.24, 2.45) is 22.8 Å². The van der Waals surface area contributed by atoms with Crippen LogP contribution in [0.15, 0.2) is 24.3 Å². The van der Waals surface area contributed by atoms with Crippen LogP contribution in [0.4, 0.5) is 5.69 Å². The Morgan fingerprint density at radius 2 is 1.74 bits per heavy atom. The molecule has 0 bridgehead atoms. The van der Waals surface area contributed by atoms with Gasteiger partial charge in [0.2, 0.25) is 11.8 Å². The van der Waals surface area contributed by atoms with Gasteiger partial charge < -0.3 is 21.7 Å². The fraction of sp³-hybridized carbons (Fsp3) is 0.619. The largest absolute Gasteiger partial charge is 0.369 e. The van der Waals surface area contributed by atoms with Gasteiger partial charge in [-0.25, -0.2) is 0 Å². The predicted molar refractivity (Wildman–Crippen MR) is 109 cm³/mol. The lowest BCUT2D eigenvalue weighted by atomic mass is 9.81. The minimum absolute atomic E-state index is 0.0000665. The SMILES string of the molecule is CCC(CC)(CN)C(=O)Nc1ccc(CCN2CCC(C(N)=O)CC2)cc1. The van der Waals surface area contributed by atoms with Gasteiger partial charge >= 0.3 is 0 Å². The highest BCUT2D eigenvalue weighted by Gasteiger charge is 2.33. The molecule has 2 amide bonds. The summed E-state index contributed by atoms with van der Waals surface area (Å²) < 4.78 is 0. The van der Waals surface area contributed by atoms with E-state index in [1.54, 1.807) is 0 Å². The number of hydrogen-bond donors (Lipinski definition) is 3. The van der Waals surface area contributed by atoms with Crippen molar-refractivity contribution in [2.75, 3.05) is 31.5 Å². The number of likely N-dealkylation sites (tertiary alicyclic amines) is 1. The number of benzene rings is 1. The zero-order valence-corrected chi connectivity index (χ0v) is 16.7. The summed E-state index contributed by atoms with van der Waals surface area (Å²) in [6, 6.07) is 8.04. The van der Waals surface area contributed by atoms with Gasteiger partial charge in [0.1, 0.15) is 0 Å². The first-order valence-electron chi connectivity index (χ1n) is 10.1. The zero-order chi connectivity index (χ0) is 19.9. The summed E-state index contributed by atoms with van der Waals surface area (Å²) in [5.41, 5.74) is 12.8. The van der Waals surface area contributed by atoms with Crippen molar-refractivity contribution in [1.82, 2.24) is 4.90 Å². The highest BCUT2D eigenvalue weighted by Crippen LogP contribution is 2.27. The molecule has 6 heteroatoms. The van der Waals surface area contributed by atoms with Crippen molar-refractivity contribution in [2.45, 2.75) is 46.0 Å². The van der Waals surface area contributed by atoms with Crippen LogP contribution < -0.4 is 16.8 Å². The minimum atomic E-state index is -0.490. The zero-order valence-electron chi connectivity index (χ0n) is 16.7. The number of carbonyl (C=O) groups is 2. The molecule has 1 aliphatic rings. The average molecular weight is 375 g/mol. The Hall–Kier alpha value is -1.92. The van der Waals surface area contributed by atoms with Crippen molar-refractivity contribution in [1.29, 1.82) is 0 Å². The third-order valence-corrected chi connectivity index (χ3v) is 6.14. The molecule has 1 fully saturated rings. The lowest BCUT2D eigenvalue weighted by Gasteiger charge is -2.30. The number of hydrogen-bond acceptors (Lipinski definition) is 4. The molecular weight excluding hydrogens is 340 g/mol. The van der Waals surface area contributed by atoms with Gasteiger partial charge in [0, 0.05) is 24.7 Å². The molecule has 6 nitrogen and oxygen atoms in total. The van der Waals surface area contributed by atoms with Crippen molar-refractivity contribution >= 4 is 17.5 Å². The first kappa shape index (κ1) is 21.4. The summed E-state index contributed by atoms with van der Waals surface area (Å²) in [5.74, 6) is -0.131. The van der Waals surface area contributed by atoms with Crippen LogP contribution >= 0.6 is 0 Å². The van der Waals surface area contributed by atoms with Gasteiger partial charge in [-0.05, 0) is 62.9 Å². The Bertz CT molecular complexity index is 609. The number of carbonyl (C=O) groups excluding carboxylic acids is 2. The molecule has 1 saturated heterocycles. The van der Waals surface area contributed by atoms with Crippen molar-refractivity contribution < 1.29 is 9.59 Å². The second-order valence-electron chi connectivity index (χ2n) is 7.61. The monoisotopic (exact) mass is 374 g/mol. The number of primary amides is 1. The van der Waals surface area contributed by atoms with Crippen LogP contribution in [0.3, 0.4) is 0 Å². The minimum Gasteiger partial charge on any atom is -0.369 e. The van der Waals surface area contributed by atoms with Gasteiger partial charge in [-0.3, -0.25) is 9.59 Å². The highest BCUT2D eigenvalue weighted by molar-refractivity contribution is 5.95. The average Bonchev–Trinajstić information content (AvgIpc) is 2.69. The Kier molecular flexibility index (Phi) is 7.80. The number of nitrogens with two attached hydrogens (primary N) is 2. The first-order valence-corrected chi connectivity index (χ1v) is 10.1. The van der Waals surface area contributed by atoms with Gasteiger partial charge in [-0.2, -0.15) is 0 Å². The van der Waals surface area contributed by atoms with E-state index in [4.69, 9.17) is 11.5 Å². The normalized spacial score (nSPS) is 16.3. The molecule has 1 aromatic rings. The van der Waals surface area contributed by atoms with Crippen LogP contribution in [0.1, 0.15) is 45.1 Å². The molecule has 1 aromatic carbocycles. The van der Waals surface area contributed by atoms with Crippen LogP contribution in [0.25, 0.3) is 0 Å². The van der Waals surface area contributed by atoms with Gasteiger partial charge in [-0.1, -0.05) is 26.0 Å². The Labute approximate surface area is 162 Å². The molecule has 1 heterocycles. The van der Waals surface area contributed by atoms with Crippen LogP contribution in [0.5, 0.6) is 0 Å². The molecule has 0 spiro atoms. The molecular formula is C21H34N4O2. The van der Waals surface area contributed by atoms with E-state index in [-0.39, 0.29) is 17.7 Å². The summed E-state index contributed by atoms with van der Waals surface area (Å²) in [7, 11) is 0. The highest BCUT2D eigenvalue weighted by atomic mass is 16.2. The van der Waals surface area contributed by atoms with Crippen LogP contribution in [0, 0.1) is 11.3 Å². The summed E-state index contributed by atoms with van der Waals surface area (Å²) in [6.07, 6.45) is 4.13. The summed E-state index contributed by atoms with van der Waals surface area (Å²) in [5, 5.41) is 3.01. The fourth-order valence-corrected chi connectivity index (χ4v) is 3.70. The van der Waals surface area contributed by atoms with E-state index in [9.17, 15) is 9.59 Å². The summed E-state index contributed by atoms with van der Waals surface area (Å²) >= 11 is 0. The van der Waals surface area contributed by atoms with Gasteiger partial charge in [-0.15, -0.1) is 0 Å². The summed E-state index contributed by atoms with van der Waals surface area (Å²) in [4.78, 5) is 26.2. The molecule has 5 N–H and O–H groups in total. The fourth-order valence-electron chi connectivity index (χ4n) is 3.70. The third-order valence-electron chi connectivity index (χ3n) is 6.14. The number of rotatable bonds is 9. The second-order valence-corrected chi connectivity index (χ2v) is 7.61. The van der Waals surface area contributed by atoms with Gasteiger partial charge in [0.15, 0.2) is 0 Å². The topological polar surface area (TPSA) is 101 Å². The first-order chi connectivity index (χ1) is 12.9. The van der Waals surface area contributed by atoms with E-state index in [1.807, 2.05) is 26.0 Å². The number of piperidine rings is 1. The maximum absolute atomic E-state index is 12.6. The standard InChI is InChI=1S/C21H34N4O2/c1-3-21(4-2,15-22)20(27)24-18-7-5-16(6-8-18)9-12-25-13-10-17(11-14-25)19(23)26/h5-8,17H,3-4,9-15,22H2,1-2H3,(H2,23,26)(H,24,27). The van der Waals surface area contributed by atoms with E-state index in [1.165, 1.54) is 5.56 Å². The molecule has 2 rings (SSSR count). The second kappa shape index (κ2) is 9.85. The lowest BCUT2D eigenvalue weighted by Crippen LogP contribution is -2.41. The van der Waals surface area contributed by atoms with Crippen LogP contribution in [0.2, 0.25) is 0 Å². The van der Waals surface area contributed by atoms with Crippen LogP contribution in [-0.2, 0) is 16.0 Å². The Balaban J connectivity index is 1.83. The Morgan fingerprint density at radius 3 is 2.22 bits per heavy atom. The van der Waals surface area contributed by atoms with E-state index in [0.29, 0.717) is 6.54 Å². The van der Waals surface area contributed by atoms with Crippen molar-refractivity contribution in [3.8, 4) is 0 Å².